The number of phenols is 1. The Morgan fingerprint density at radius 1 is 1.17 bits per heavy atom. The molecule has 0 radical (unpaired) electrons. The van der Waals surface area contributed by atoms with Crippen LogP contribution in [0.3, 0.4) is 0 Å². The fraction of sp³-hybridized carbons (Fsp3) is 0.400. The molecule has 1 saturated heterocycles. The molecule has 2 heterocycles. The van der Waals surface area contributed by atoms with Gasteiger partial charge >= 0.3 is 0 Å². The molecule has 158 valence electrons. The molecule has 0 amide bonds. The zero-order chi connectivity index (χ0) is 21.4. The van der Waals surface area contributed by atoms with Crippen molar-refractivity contribution in [3.63, 3.8) is 0 Å². The van der Waals surface area contributed by atoms with E-state index in [0.717, 1.165) is 24.2 Å². The van der Waals surface area contributed by atoms with Crippen LogP contribution in [0, 0.1) is 26.7 Å². The summed E-state index contributed by atoms with van der Waals surface area (Å²) < 4.78 is 12.1. The first kappa shape index (κ1) is 20.5. The summed E-state index contributed by atoms with van der Waals surface area (Å²) in [5.41, 5.74) is 3.10. The Morgan fingerprint density at radius 2 is 1.90 bits per heavy atom. The van der Waals surface area contributed by atoms with E-state index in [1.807, 2.05) is 26.0 Å². The fourth-order valence-electron chi connectivity index (χ4n) is 4.60. The molecule has 2 aromatic carbocycles. The van der Waals surface area contributed by atoms with Crippen molar-refractivity contribution in [2.75, 3.05) is 13.1 Å². The number of hydrogen-bond donors (Lipinski definition) is 2. The number of rotatable bonds is 4. The lowest BCUT2D eigenvalue weighted by molar-refractivity contribution is -0.922. The Labute approximate surface area is 176 Å². The molecular weight excluding hydrogens is 378 g/mol. The van der Waals surface area contributed by atoms with Gasteiger partial charge in [-0.3, -0.25) is 4.79 Å². The second-order valence-electron chi connectivity index (χ2n) is 8.81. The van der Waals surface area contributed by atoms with E-state index in [2.05, 4.69) is 13.0 Å². The topological polar surface area (TPSA) is 64.1 Å². The SMILES string of the molecule is Cc1cc(C)cc(Oc2c(C)oc3c(C[NH+]4CCC[C@H](C)C4)c(O)ccc3c2=O)c1. The minimum atomic E-state index is -0.212. The van der Waals surface area contributed by atoms with Crippen LogP contribution in [0.1, 0.15) is 42.2 Å². The van der Waals surface area contributed by atoms with Gasteiger partial charge in [0.15, 0.2) is 5.58 Å². The molecule has 1 aromatic heterocycles. The number of piperidine rings is 1. The van der Waals surface area contributed by atoms with Crippen LogP contribution in [0.25, 0.3) is 11.0 Å². The van der Waals surface area contributed by atoms with Gasteiger partial charge in [0.2, 0.25) is 11.2 Å². The maximum atomic E-state index is 13.3. The van der Waals surface area contributed by atoms with Gasteiger partial charge in [0.05, 0.1) is 24.0 Å². The molecule has 1 aliphatic rings. The molecule has 5 nitrogen and oxygen atoms in total. The summed E-state index contributed by atoms with van der Waals surface area (Å²) in [6.07, 6.45) is 2.43. The van der Waals surface area contributed by atoms with Crippen LogP contribution >= 0.6 is 0 Å². The van der Waals surface area contributed by atoms with Crippen LogP contribution < -0.4 is 15.1 Å². The maximum absolute atomic E-state index is 13.3. The molecule has 0 spiro atoms. The Hall–Kier alpha value is -2.79. The first-order chi connectivity index (χ1) is 14.3. The highest BCUT2D eigenvalue weighted by Crippen LogP contribution is 2.31. The largest absolute Gasteiger partial charge is 0.507 e. The summed E-state index contributed by atoms with van der Waals surface area (Å²) in [6.45, 7) is 10.8. The summed E-state index contributed by atoms with van der Waals surface area (Å²) in [6, 6.07) is 9.08. The van der Waals surface area contributed by atoms with Crippen LogP contribution in [-0.2, 0) is 6.54 Å². The highest BCUT2D eigenvalue weighted by Gasteiger charge is 2.24. The molecule has 0 aliphatic carbocycles. The molecule has 0 saturated carbocycles. The summed E-state index contributed by atoms with van der Waals surface area (Å²) in [5.74, 6) is 2.08. The predicted octanol–water partition coefficient (Wildman–Crippen LogP) is 4.03. The predicted molar refractivity (Wildman–Crippen MR) is 118 cm³/mol. The summed E-state index contributed by atoms with van der Waals surface area (Å²) in [4.78, 5) is 14.7. The molecule has 4 rings (SSSR count). The van der Waals surface area contributed by atoms with Gasteiger partial charge < -0.3 is 19.2 Å². The van der Waals surface area contributed by atoms with Crippen molar-refractivity contribution in [3.8, 4) is 17.2 Å². The number of aromatic hydroxyl groups is 1. The van der Waals surface area contributed by atoms with E-state index in [1.165, 1.54) is 17.7 Å². The molecule has 1 unspecified atom stereocenters. The average molecular weight is 409 g/mol. The average Bonchev–Trinajstić information content (AvgIpc) is 2.67. The van der Waals surface area contributed by atoms with E-state index < -0.39 is 0 Å². The third-order valence-corrected chi connectivity index (χ3v) is 5.97. The molecule has 5 heteroatoms. The zero-order valence-electron chi connectivity index (χ0n) is 18.2. The van der Waals surface area contributed by atoms with Gasteiger partial charge in [0.25, 0.3) is 0 Å². The monoisotopic (exact) mass is 408 g/mol. The summed E-state index contributed by atoms with van der Waals surface area (Å²) >= 11 is 0. The lowest BCUT2D eigenvalue weighted by Crippen LogP contribution is -3.12. The quantitative estimate of drug-likeness (QED) is 0.684. The Morgan fingerprint density at radius 3 is 2.60 bits per heavy atom. The number of fused-ring (bicyclic) bond motifs is 1. The highest BCUT2D eigenvalue weighted by atomic mass is 16.5. The van der Waals surface area contributed by atoms with Crippen molar-refractivity contribution in [1.29, 1.82) is 0 Å². The molecule has 0 bridgehead atoms. The van der Waals surface area contributed by atoms with Crippen LogP contribution in [0.2, 0.25) is 0 Å². The van der Waals surface area contributed by atoms with Crippen molar-refractivity contribution >= 4 is 11.0 Å². The number of aryl methyl sites for hydroxylation is 3. The lowest BCUT2D eigenvalue weighted by Gasteiger charge is -2.28. The number of quaternary nitrogens is 1. The van der Waals surface area contributed by atoms with Crippen molar-refractivity contribution in [3.05, 3.63) is 63.0 Å². The van der Waals surface area contributed by atoms with E-state index in [0.29, 0.717) is 40.5 Å². The molecule has 2 N–H and O–H groups in total. The van der Waals surface area contributed by atoms with Crippen molar-refractivity contribution < 1.29 is 19.2 Å². The molecule has 30 heavy (non-hydrogen) atoms. The van der Waals surface area contributed by atoms with E-state index in [9.17, 15) is 9.90 Å². The van der Waals surface area contributed by atoms with E-state index >= 15 is 0 Å². The number of likely N-dealkylation sites (tertiary alicyclic amines) is 1. The van der Waals surface area contributed by atoms with E-state index in [4.69, 9.17) is 9.15 Å². The van der Waals surface area contributed by atoms with Gasteiger partial charge in [-0.2, -0.15) is 0 Å². The maximum Gasteiger partial charge on any atom is 0.235 e. The Bertz CT molecular complexity index is 1130. The van der Waals surface area contributed by atoms with Crippen LogP contribution in [0.5, 0.6) is 17.2 Å². The van der Waals surface area contributed by atoms with Crippen LogP contribution in [0.15, 0.2) is 39.5 Å². The van der Waals surface area contributed by atoms with Crippen molar-refractivity contribution in [2.24, 2.45) is 5.92 Å². The van der Waals surface area contributed by atoms with Crippen molar-refractivity contribution in [1.82, 2.24) is 0 Å². The van der Waals surface area contributed by atoms with Crippen LogP contribution in [-0.4, -0.2) is 18.2 Å². The number of nitrogens with one attached hydrogen (secondary N) is 1. The molecule has 1 fully saturated rings. The lowest BCUT2D eigenvalue weighted by atomic mass is 9.99. The number of phenolic OH excluding ortho intramolecular Hbond substituents is 1. The molecular formula is C25H30NO4+. The van der Waals surface area contributed by atoms with Gasteiger partial charge in [-0.1, -0.05) is 13.0 Å². The van der Waals surface area contributed by atoms with Crippen molar-refractivity contribution in [2.45, 2.75) is 47.1 Å². The number of ether oxygens (including phenoxy) is 1. The summed E-state index contributed by atoms with van der Waals surface area (Å²) in [5, 5.41) is 11.0. The Kier molecular flexibility index (Phi) is 5.56. The van der Waals surface area contributed by atoms with E-state index in [-0.39, 0.29) is 16.9 Å². The molecule has 3 aromatic rings. The third kappa shape index (κ3) is 4.08. The summed E-state index contributed by atoms with van der Waals surface area (Å²) in [7, 11) is 0. The molecule has 2 atom stereocenters. The molecule has 1 aliphatic heterocycles. The second kappa shape index (κ2) is 8.15. The van der Waals surface area contributed by atoms with Gasteiger partial charge in [-0.15, -0.1) is 0 Å². The first-order valence-corrected chi connectivity index (χ1v) is 10.7. The third-order valence-electron chi connectivity index (χ3n) is 5.97. The van der Waals surface area contributed by atoms with E-state index in [1.54, 1.807) is 19.1 Å². The Balaban J connectivity index is 1.75. The van der Waals surface area contributed by atoms with Gasteiger partial charge in [0.1, 0.15) is 23.8 Å². The normalized spacial score (nSPS) is 19.2. The highest BCUT2D eigenvalue weighted by molar-refractivity contribution is 5.83. The second-order valence-corrected chi connectivity index (χ2v) is 8.81. The van der Waals surface area contributed by atoms with Crippen LogP contribution in [0.4, 0.5) is 0 Å². The van der Waals surface area contributed by atoms with Gasteiger partial charge in [0, 0.05) is 5.92 Å². The minimum Gasteiger partial charge on any atom is -0.507 e. The van der Waals surface area contributed by atoms with Gasteiger partial charge in [-0.05, 0) is 69.0 Å². The minimum absolute atomic E-state index is 0.179. The zero-order valence-corrected chi connectivity index (χ0v) is 18.2. The smallest absolute Gasteiger partial charge is 0.235 e. The fourth-order valence-corrected chi connectivity index (χ4v) is 4.60. The first-order valence-electron chi connectivity index (χ1n) is 10.7. The number of benzene rings is 2. The standard InChI is InChI=1S/C25H29NO4/c1-15-6-5-9-26(13-15)14-21-22(27)8-7-20-23(28)24(18(4)29-25(20)21)30-19-11-16(2)10-17(3)12-19/h7-8,10-12,15,27H,5-6,9,13-14H2,1-4H3/p+1/t15-/m0/s1. The van der Waals surface area contributed by atoms with Gasteiger partial charge in [-0.25, -0.2) is 0 Å². The number of hydrogen-bond acceptors (Lipinski definition) is 4.